The van der Waals surface area contributed by atoms with Crippen LogP contribution >= 0.6 is 0 Å². The molecule has 0 aromatic heterocycles. The number of oxime groups is 1. The summed E-state index contributed by atoms with van der Waals surface area (Å²) in [5, 5.41) is 41.5. The topological polar surface area (TPSA) is 112 Å². The Morgan fingerprint density at radius 2 is 1.79 bits per heavy atom. The van der Waals surface area contributed by atoms with Crippen LogP contribution < -0.4 is 0 Å². The zero-order valence-electron chi connectivity index (χ0n) is 11.2. The number of rotatable bonds is 6. The number of aliphatic hydroxyl groups excluding tert-OH is 4. The lowest BCUT2D eigenvalue weighted by Crippen LogP contribution is -2.58. The Hall–Kier alpha value is -0.730. The van der Waals surface area contributed by atoms with Crippen LogP contribution in [0, 0.1) is 5.92 Å². The van der Waals surface area contributed by atoms with E-state index in [-0.39, 0.29) is 5.92 Å². The second kappa shape index (κ2) is 7.76. The molecule has 0 bridgehead atoms. The first-order valence-corrected chi connectivity index (χ1v) is 6.54. The smallest absolute Gasteiger partial charge is 0.256 e. The highest BCUT2D eigenvalue weighted by atomic mass is 16.8. The van der Waals surface area contributed by atoms with Crippen LogP contribution in [0.4, 0.5) is 0 Å². The predicted molar refractivity (Wildman–Crippen MR) is 67.4 cm³/mol. The molecule has 4 N–H and O–H groups in total. The molecule has 1 heterocycles. The van der Waals surface area contributed by atoms with Gasteiger partial charge in [0, 0.05) is 6.21 Å². The van der Waals surface area contributed by atoms with Gasteiger partial charge in [-0.2, -0.15) is 0 Å². The van der Waals surface area contributed by atoms with Crippen LogP contribution in [0.15, 0.2) is 5.16 Å². The fourth-order valence-electron chi connectivity index (χ4n) is 1.84. The van der Waals surface area contributed by atoms with E-state index in [9.17, 15) is 15.3 Å². The molecule has 1 fully saturated rings. The van der Waals surface area contributed by atoms with Gasteiger partial charge in [-0.15, -0.1) is 0 Å². The molecule has 19 heavy (non-hydrogen) atoms. The standard InChI is InChI=1S/C12H23NO6/c1-3-7(4-2)5-13-19-12-11(17)10(16)9(15)8(6-14)18-12/h5,7-12,14-17H,3-4,6H2,1-2H3/b13-5+/t8?,9?,10-,11?,12-/m0/s1. The lowest BCUT2D eigenvalue weighted by atomic mass is 9.99. The monoisotopic (exact) mass is 277 g/mol. The third-order valence-electron chi connectivity index (χ3n) is 3.33. The summed E-state index contributed by atoms with van der Waals surface area (Å²) in [6, 6.07) is 0. The molecule has 0 aliphatic carbocycles. The van der Waals surface area contributed by atoms with Gasteiger partial charge in [0.15, 0.2) is 0 Å². The molecule has 0 aromatic carbocycles. The average Bonchev–Trinajstić information content (AvgIpc) is 2.43. The number of hydrogen-bond donors (Lipinski definition) is 4. The van der Waals surface area contributed by atoms with Gasteiger partial charge in [0.2, 0.25) is 0 Å². The van der Waals surface area contributed by atoms with Gasteiger partial charge in [-0.25, -0.2) is 0 Å². The third-order valence-corrected chi connectivity index (χ3v) is 3.33. The summed E-state index contributed by atoms with van der Waals surface area (Å²) in [4.78, 5) is 5.00. The van der Waals surface area contributed by atoms with Crippen molar-refractivity contribution in [1.82, 2.24) is 0 Å². The van der Waals surface area contributed by atoms with E-state index in [1.165, 1.54) is 0 Å². The summed E-state index contributed by atoms with van der Waals surface area (Å²) in [5.41, 5.74) is 0. The second-order valence-electron chi connectivity index (χ2n) is 4.63. The number of hydrogen-bond acceptors (Lipinski definition) is 7. The largest absolute Gasteiger partial charge is 0.394 e. The Kier molecular flexibility index (Phi) is 6.67. The van der Waals surface area contributed by atoms with E-state index in [0.29, 0.717) is 0 Å². The molecule has 0 radical (unpaired) electrons. The molecule has 3 unspecified atom stereocenters. The van der Waals surface area contributed by atoms with E-state index in [0.717, 1.165) is 12.8 Å². The summed E-state index contributed by atoms with van der Waals surface area (Å²) in [6.45, 7) is 3.56. The highest BCUT2D eigenvalue weighted by molar-refractivity contribution is 5.59. The Morgan fingerprint density at radius 3 is 2.32 bits per heavy atom. The number of aliphatic hydroxyl groups is 4. The van der Waals surface area contributed by atoms with E-state index in [1.54, 1.807) is 6.21 Å². The maximum absolute atomic E-state index is 9.69. The Morgan fingerprint density at radius 1 is 1.16 bits per heavy atom. The van der Waals surface area contributed by atoms with Crippen LogP contribution in [0.3, 0.4) is 0 Å². The molecule has 7 heteroatoms. The molecule has 7 nitrogen and oxygen atoms in total. The molecule has 5 atom stereocenters. The van der Waals surface area contributed by atoms with Crippen molar-refractivity contribution >= 4 is 6.21 Å². The van der Waals surface area contributed by atoms with Crippen LogP contribution in [-0.4, -0.2) is 64.0 Å². The van der Waals surface area contributed by atoms with Crippen molar-refractivity contribution in [2.24, 2.45) is 11.1 Å². The van der Waals surface area contributed by atoms with Gasteiger partial charge in [-0.3, -0.25) is 0 Å². The predicted octanol–water partition coefficient (Wildman–Crippen LogP) is -0.775. The Labute approximate surface area is 112 Å². The van der Waals surface area contributed by atoms with Gasteiger partial charge < -0.3 is 30.0 Å². The van der Waals surface area contributed by atoms with Crippen LogP contribution in [0.2, 0.25) is 0 Å². The van der Waals surface area contributed by atoms with Gasteiger partial charge in [0.1, 0.15) is 24.4 Å². The first kappa shape index (κ1) is 16.3. The molecule has 0 spiro atoms. The Bertz CT molecular complexity index is 281. The summed E-state index contributed by atoms with van der Waals surface area (Å²) < 4.78 is 5.13. The zero-order chi connectivity index (χ0) is 14.4. The molecule has 0 saturated carbocycles. The van der Waals surface area contributed by atoms with Crippen molar-refractivity contribution in [3.63, 3.8) is 0 Å². The fourth-order valence-corrected chi connectivity index (χ4v) is 1.84. The van der Waals surface area contributed by atoms with Gasteiger partial charge in [-0.05, 0) is 18.8 Å². The summed E-state index contributed by atoms with van der Waals surface area (Å²) >= 11 is 0. The second-order valence-corrected chi connectivity index (χ2v) is 4.63. The fraction of sp³-hybridized carbons (Fsp3) is 0.917. The maximum Gasteiger partial charge on any atom is 0.256 e. The van der Waals surface area contributed by atoms with Crippen LogP contribution in [0.25, 0.3) is 0 Å². The third kappa shape index (κ3) is 4.12. The van der Waals surface area contributed by atoms with E-state index >= 15 is 0 Å². The molecule has 1 aliphatic rings. The molecule has 0 aromatic rings. The SMILES string of the molecule is CCC(/C=N/O[C@@H]1OC(CO)C(O)[C@H](O)C1O)CC. The first-order chi connectivity index (χ1) is 9.04. The highest BCUT2D eigenvalue weighted by Crippen LogP contribution is 2.22. The van der Waals surface area contributed by atoms with Gasteiger partial charge >= 0.3 is 0 Å². The van der Waals surface area contributed by atoms with E-state index < -0.39 is 37.3 Å². The maximum atomic E-state index is 9.69. The van der Waals surface area contributed by atoms with Gasteiger partial charge in [-0.1, -0.05) is 19.0 Å². The normalized spacial score (nSPS) is 36.1. The highest BCUT2D eigenvalue weighted by Gasteiger charge is 2.44. The van der Waals surface area contributed by atoms with E-state index in [1.807, 2.05) is 13.8 Å². The van der Waals surface area contributed by atoms with Crippen molar-refractivity contribution < 1.29 is 30.0 Å². The number of ether oxygens (including phenoxy) is 1. The van der Waals surface area contributed by atoms with Crippen LogP contribution in [0.5, 0.6) is 0 Å². The van der Waals surface area contributed by atoms with Crippen molar-refractivity contribution in [2.45, 2.75) is 57.4 Å². The van der Waals surface area contributed by atoms with Crippen molar-refractivity contribution in [2.75, 3.05) is 6.61 Å². The minimum Gasteiger partial charge on any atom is -0.394 e. The van der Waals surface area contributed by atoms with Crippen molar-refractivity contribution in [1.29, 1.82) is 0 Å². The van der Waals surface area contributed by atoms with Crippen LogP contribution in [0.1, 0.15) is 26.7 Å². The lowest BCUT2D eigenvalue weighted by Gasteiger charge is -2.38. The minimum atomic E-state index is -1.45. The summed E-state index contributed by atoms with van der Waals surface area (Å²) in [6.07, 6.45) is -3.00. The molecule has 1 aliphatic heterocycles. The van der Waals surface area contributed by atoms with Gasteiger partial charge in [0.05, 0.1) is 6.61 Å². The summed E-state index contributed by atoms with van der Waals surface area (Å²) in [7, 11) is 0. The minimum absolute atomic E-state index is 0.268. The number of nitrogens with zero attached hydrogens (tertiary/aromatic N) is 1. The van der Waals surface area contributed by atoms with Crippen LogP contribution in [-0.2, 0) is 9.57 Å². The molecule has 0 amide bonds. The van der Waals surface area contributed by atoms with Crippen molar-refractivity contribution in [3.8, 4) is 0 Å². The zero-order valence-corrected chi connectivity index (χ0v) is 11.2. The first-order valence-electron chi connectivity index (χ1n) is 6.54. The van der Waals surface area contributed by atoms with Gasteiger partial charge in [0.25, 0.3) is 6.29 Å². The lowest BCUT2D eigenvalue weighted by molar-refractivity contribution is -0.301. The van der Waals surface area contributed by atoms with Crippen molar-refractivity contribution in [3.05, 3.63) is 0 Å². The molecule has 1 saturated heterocycles. The quantitative estimate of drug-likeness (QED) is 0.374. The Balaban J connectivity index is 2.57. The average molecular weight is 277 g/mol. The molecule has 112 valence electrons. The molecular formula is C12H23NO6. The van der Waals surface area contributed by atoms with E-state index in [2.05, 4.69) is 5.16 Å². The summed E-state index contributed by atoms with van der Waals surface area (Å²) in [5.74, 6) is 0.268. The van der Waals surface area contributed by atoms with E-state index in [4.69, 9.17) is 14.7 Å². The molecule has 1 rings (SSSR count). The molecular weight excluding hydrogens is 254 g/mol.